The average Bonchev–Trinajstić information content (AvgIpc) is 2.22. The number of rotatable bonds is 4. The predicted octanol–water partition coefficient (Wildman–Crippen LogP) is 3.01. The van der Waals surface area contributed by atoms with Crippen LogP contribution in [0, 0.1) is 0 Å². The summed E-state index contributed by atoms with van der Waals surface area (Å²) in [5.41, 5.74) is 0. The number of unbranched alkanes of at least 4 members (excludes halogenated alkanes) is 4. The Balaban J connectivity index is 0.000000223. The Morgan fingerprint density at radius 1 is 0.692 bits per heavy atom. The van der Waals surface area contributed by atoms with Crippen molar-refractivity contribution in [1.82, 2.24) is 0 Å². The largest absolute Gasteiger partial charge is 0.377 e. The maximum Gasteiger partial charge on any atom is 0.0701 e. The third-order valence-electron chi connectivity index (χ3n) is 1.95. The van der Waals surface area contributed by atoms with Crippen LogP contribution in [0.1, 0.15) is 46.0 Å². The Morgan fingerprint density at radius 3 is 1.31 bits per heavy atom. The van der Waals surface area contributed by atoms with Crippen LogP contribution in [-0.2, 0) is 9.47 Å². The van der Waals surface area contributed by atoms with Gasteiger partial charge in [-0.2, -0.15) is 0 Å². The first-order valence-corrected chi connectivity index (χ1v) is 5.57. The van der Waals surface area contributed by atoms with E-state index < -0.39 is 0 Å². The van der Waals surface area contributed by atoms with Gasteiger partial charge >= 0.3 is 0 Å². The van der Waals surface area contributed by atoms with E-state index in [1.54, 1.807) is 0 Å². The lowest BCUT2D eigenvalue weighted by Gasteiger charge is -2.09. The summed E-state index contributed by atoms with van der Waals surface area (Å²) in [5, 5.41) is 0. The molecule has 0 bridgehead atoms. The average molecular weight is 188 g/mol. The molecule has 1 aliphatic heterocycles. The van der Waals surface area contributed by atoms with Gasteiger partial charge in [0.05, 0.1) is 26.4 Å². The van der Waals surface area contributed by atoms with Gasteiger partial charge < -0.3 is 9.47 Å². The first-order valence-electron chi connectivity index (χ1n) is 5.57. The van der Waals surface area contributed by atoms with Crippen molar-refractivity contribution in [1.29, 1.82) is 0 Å². The molecular formula is C11H24O2. The molecule has 2 nitrogen and oxygen atoms in total. The van der Waals surface area contributed by atoms with Crippen molar-refractivity contribution in [2.75, 3.05) is 26.4 Å². The van der Waals surface area contributed by atoms with Crippen LogP contribution in [0.4, 0.5) is 0 Å². The highest BCUT2D eigenvalue weighted by atomic mass is 16.6. The second kappa shape index (κ2) is 11.9. The van der Waals surface area contributed by atoms with E-state index in [9.17, 15) is 0 Å². The van der Waals surface area contributed by atoms with E-state index in [4.69, 9.17) is 9.47 Å². The highest BCUT2D eigenvalue weighted by molar-refractivity contribution is 4.37. The van der Waals surface area contributed by atoms with Gasteiger partial charge in [-0.05, 0) is 0 Å². The molecule has 0 radical (unpaired) electrons. The Bertz CT molecular complexity index is 64.6. The van der Waals surface area contributed by atoms with Crippen molar-refractivity contribution >= 4 is 0 Å². The van der Waals surface area contributed by atoms with Gasteiger partial charge in [-0.25, -0.2) is 0 Å². The molecule has 0 aromatic carbocycles. The number of hydrogen-bond donors (Lipinski definition) is 0. The van der Waals surface area contributed by atoms with Crippen molar-refractivity contribution < 1.29 is 9.47 Å². The van der Waals surface area contributed by atoms with Gasteiger partial charge in [0.1, 0.15) is 0 Å². The third kappa shape index (κ3) is 11.9. The maximum atomic E-state index is 4.94. The van der Waals surface area contributed by atoms with Crippen LogP contribution in [0.15, 0.2) is 0 Å². The zero-order valence-electron chi connectivity index (χ0n) is 9.18. The molecule has 1 fully saturated rings. The molecule has 1 heterocycles. The van der Waals surface area contributed by atoms with Crippen LogP contribution in [0.5, 0.6) is 0 Å². The molecule has 13 heavy (non-hydrogen) atoms. The fourth-order valence-electron chi connectivity index (χ4n) is 1.12. The van der Waals surface area contributed by atoms with Crippen molar-refractivity contribution in [2.24, 2.45) is 0 Å². The van der Waals surface area contributed by atoms with Crippen LogP contribution >= 0.6 is 0 Å². The molecule has 0 aliphatic carbocycles. The topological polar surface area (TPSA) is 18.5 Å². The zero-order valence-corrected chi connectivity index (χ0v) is 9.18. The van der Waals surface area contributed by atoms with Gasteiger partial charge in [0.25, 0.3) is 0 Å². The smallest absolute Gasteiger partial charge is 0.0701 e. The molecule has 0 atom stereocenters. The monoisotopic (exact) mass is 188 g/mol. The first kappa shape index (κ1) is 12.9. The summed E-state index contributed by atoms with van der Waals surface area (Å²) in [6.45, 7) is 7.60. The fourth-order valence-corrected chi connectivity index (χ4v) is 1.12. The lowest BCUT2D eigenvalue weighted by molar-refractivity contribution is -0.0334. The molecule has 0 aromatic heterocycles. The molecule has 0 saturated carbocycles. The Hall–Kier alpha value is -0.0800. The Kier molecular flexibility index (Phi) is 11.8. The second-order valence-electron chi connectivity index (χ2n) is 3.29. The minimum Gasteiger partial charge on any atom is -0.377 e. The van der Waals surface area contributed by atoms with Crippen molar-refractivity contribution in [3.63, 3.8) is 0 Å². The molecular weight excluding hydrogens is 164 g/mol. The summed E-state index contributed by atoms with van der Waals surface area (Å²) in [4.78, 5) is 0. The first-order chi connectivity index (χ1) is 6.41. The molecule has 0 N–H and O–H groups in total. The van der Waals surface area contributed by atoms with Gasteiger partial charge in [-0.3, -0.25) is 0 Å². The van der Waals surface area contributed by atoms with E-state index >= 15 is 0 Å². The van der Waals surface area contributed by atoms with Crippen LogP contribution < -0.4 is 0 Å². The summed E-state index contributed by atoms with van der Waals surface area (Å²) >= 11 is 0. The van der Waals surface area contributed by atoms with Gasteiger partial charge in [0, 0.05) is 0 Å². The minimum atomic E-state index is 0.778. The fraction of sp³-hybridized carbons (Fsp3) is 1.00. The molecule has 2 heteroatoms. The lowest BCUT2D eigenvalue weighted by Crippen LogP contribution is -2.16. The molecule has 0 spiro atoms. The lowest BCUT2D eigenvalue weighted by atomic mass is 10.2. The highest BCUT2D eigenvalue weighted by Gasteiger charge is 1.94. The van der Waals surface area contributed by atoms with Crippen molar-refractivity contribution in [2.45, 2.75) is 46.0 Å². The van der Waals surface area contributed by atoms with E-state index in [1.165, 1.54) is 32.1 Å². The zero-order chi connectivity index (χ0) is 9.78. The van der Waals surface area contributed by atoms with Crippen LogP contribution in [0.25, 0.3) is 0 Å². The number of hydrogen-bond acceptors (Lipinski definition) is 2. The van der Waals surface area contributed by atoms with Gasteiger partial charge in [0.2, 0.25) is 0 Å². The van der Waals surface area contributed by atoms with E-state index in [2.05, 4.69) is 13.8 Å². The summed E-state index contributed by atoms with van der Waals surface area (Å²) in [5.74, 6) is 0. The molecule has 0 amide bonds. The summed E-state index contributed by atoms with van der Waals surface area (Å²) in [7, 11) is 0. The van der Waals surface area contributed by atoms with E-state index in [0.717, 1.165) is 26.4 Å². The van der Waals surface area contributed by atoms with Crippen LogP contribution in [0.3, 0.4) is 0 Å². The van der Waals surface area contributed by atoms with E-state index in [-0.39, 0.29) is 0 Å². The van der Waals surface area contributed by atoms with Crippen molar-refractivity contribution in [3.05, 3.63) is 0 Å². The Morgan fingerprint density at radius 2 is 1.08 bits per heavy atom. The van der Waals surface area contributed by atoms with Crippen LogP contribution in [-0.4, -0.2) is 26.4 Å². The van der Waals surface area contributed by atoms with E-state index in [1.807, 2.05) is 0 Å². The molecule has 0 unspecified atom stereocenters. The standard InChI is InChI=1S/C7H16.C4H8O2/c1-3-5-7-6-4-2;1-2-6-4-3-5-1/h3-7H2,1-2H3;1-4H2. The second-order valence-corrected chi connectivity index (χ2v) is 3.29. The summed E-state index contributed by atoms with van der Waals surface area (Å²) < 4.78 is 9.89. The van der Waals surface area contributed by atoms with Crippen LogP contribution in [0.2, 0.25) is 0 Å². The molecule has 1 saturated heterocycles. The minimum absolute atomic E-state index is 0.778. The van der Waals surface area contributed by atoms with Crippen molar-refractivity contribution in [3.8, 4) is 0 Å². The molecule has 1 rings (SSSR count). The predicted molar refractivity (Wildman–Crippen MR) is 56.1 cm³/mol. The third-order valence-corrected chi connectivity index (χ3v) is 1.95. The summed E-state index contributed by atoms with van der Waals surface area (Å²) in [6, 6.07) is 0. The quantitative estimate of drug-likeness (QED) is 0.631. The van der Waals surface area contributed by atoms with Gasteiger partial charge in [-0.15, -0.1) is 0 Å². The molecule has 1 aliphatic rings. The van der Waals surface area contributed by atoms with Gasteiger partial charge in [0.15, 0.2) is 0 Å². The number of ether oxygens (including phenoxy) is 2. The Labute approximate surface area is 82.6 Å². The van der Waals surface area contributed by atoms with Gasteiger partial charge in [-0.1, -0.05) is 46.0 Å². The molecule has 80 valence electrons. The van der Waals surface area contributed by atoms with E-state index in [0.29, 0.717) is 0 Å². The highest BCUT2D eigenvalue weighted by Crippen LogP contribution is 2.00. The molecule has 0 aromatic rings. The normalized spacial score (nSPS) is 16.2. The maximum absolute atomic E-state index is 4.94. The summed E-state index contributed by atoms with van der Waals surface area (Å²) in [6.07, 6.45) is 7.01. The SMILES string of the molecule is C1COCCO1.CCCCCCC.